The molecule has 0 fully saturated rings. The summed E-state index contributed by atoms with van der Waals surface area (Å²) in [5.74, 6) is 1.76. The average molecular weight is 461 g/mol. The van der Waals surface area contributed by atoms with Crippen LogP contribution in [0.15, 0.2) is 60.7 Å². The summed E-state index contributed by atoms with van der Waals surface area (Å²) in [6, 6.07) is 15.2. The third kappa shape index (κ3) is 5.17. The van der Waals surface area contributed by atoms with Crippen molar-refractivity contribution in [3.8, 4) is 23.0 Å². The summed E-state index contributed by atoms with van der Waals surface area (Å²) < 4.78 is 22.2. The lowest BCUT2D eigenvalue weighted by molar-refractivity contribution is -0.386. The Morgan fingerprint density at radius 1 is 1.03 bits per heavy atom. The molecule has 3 aromatic rings. The quantitative estimate of drug-likeness (QED) is 0.198. The molecule has 3 aromatic carbocycles. The van der Waals surface area contributed by atoms with Crippen LogP contribution in [0.5, 0.6) is 23.0 Å². The van der Waals surface area contributed by atoms with E-state index in [1.165, 1.54) is 19.3 Å². The first kappa shape index (κ1) is 22.8. The zero-order valence-corrected chi connectivity index (χ0v) is 18.8. The van der Waals surface area contributed by atoms with Gasteiger partial charge in [0.25, 0.3) is 0 Å². The molecule has 8 heteroatoms. The van der Waals surface area contributed by atoms with E-state index < -0.39 is 4.92 Å². The summed E-state index contributed by atoms with van der Waals surface area (Å²) in [6.45, 7) is 2.83. The van der Waals surface area contributed by atoms with E-state index in [1.54, 1.807) is 42.5 Å². The maximum atomic E-state index is 12.7. The number of carbonyl (C=O) groups excluding carboxylic acids is 1. The van der Waals surface area contributed by atoms with Crippen molar-refractivity contribution in [2.75, 3.05) is 20.3 Å². The number of methoxy groups -OCH3 is 1. The Hall–Kier alpha value is -4.33. The highest BCUT2D eigenvalue weighted by atomic mass is 16.6. The molecule has 0 atom stereocenters. The van der Waals surface area contributed by atoms with Gasteiger partial charge in [0.15, 0.2) is 23.0 Å². The Morgan fingerprint density at radius 2 is 1.82 bits per heavy atom. The van der Waals surface area contributed by atoms with Crippen LogP contribution in [0.2, 0.25) is 0 Å². The largest absolute Gasteiger partial charge is 0.496 e. The molecule has 0 bridgehead atoms. The first-order valence-corrected chi connectivity index (χ1v) is 10.6. The third-order valence-corrected chi connectivity index (χ3v) is 5.25. The lowest BCUT2D eigenvalue weighted by atomic mass is 10.1. The van der Waals surface area contributed by atoms with Gasteiger partial charge in [0, 0.05) is 17.2 Å². The van der Waals surface area contributed by atoms with Crippen LogP contribution in [-0.2, 0) is 6.61 Å². The Bertz CT molecular complexity index is 1270. The van der Waals surface area contributed by atoms with Crippen molar-refractivity contribution in [2.24, 2.45) is 0 Å². The highest BCUT2D eigenvalue weighted by Gasteiger charge is 2.16. The van der Waals surface area contributed by atoms with E-state index in [2.05, 4.69) is 0 Å². The highest BCUT2D eigenvalue weighted by molar-refractivity contribution is 6.07. The lowest BCUT2D eigenvalue weighted by Crippen LogP contribution is -2.15. The summed E-state index contributed by atoms with van der Waals surface area (Å²) in [6.07, 6.45) is 3.17. The van der Waals surface area contributed by atoms with Gasteiger partial charge >= 0.3 is 5.69 Å². The first-order valence-electron chi connectivity index (χ1n) is 10.6. The first-order chi connectivity index (χ1) is 16.4. The Labute approximate surface area is 196 Å². The molecule has 1 aliphatic rings. The van der Waals surface area contributed by atoms with Gasteiger partial charge in [-0.1, -0.05) is 18.2 Å². The van der Waals surface area contributed by atoms with Crippen LogP contribution >= 0.6 is 0 Å². The predicted molar refractivity (Wildman–Crippen MR) is 126 cm³/mol. The van der Waals surface area contributed by atoms with Crippen molar-refractivity contribution >= 4 is 17.5 Å². The fraction of sp³-hybridized carbons (Fsp3) is 0.192. The van der Waals surface area contributed by atoms with Crippen LogP contribution in [0.25, 0.3) is 6.08 Å². The molecule has 8 nitrogen and oxygen atoms in total. The Balaban J connectivity index is 1.51. The molecule has 0 N–H and O–H groups in total. The van der Waals surface area contributed by atoms with Gasteiger partial charge in [-0.05, 0) is 60.5 Å². The minimum absolute atomic E-state index is 0.0608. The number of nitrogens with zero attached hydrogens (tertiary/aromatic N) is 1. The number of benzene rings is 3. The molecule has 1 heterocycles. The number of fused-ring (bicyclic) bond motifs is 1. The average Bonchev–Trinajstić information content (AvgIpc) is 2.85. The molecule has 0 saturated carbocycles. The molecule has 34 heavy (non-hydrogen) atoms. The molecule has 1 aliphatic heterocycles. The molecule has 0 spiro atoms. The molecular formula is C26H23NO7. The highest BCUT2D eigenvalue weighted by Crippen LogP contribution is 2.32. The number of carbonyl (C=O) groups is 1. The van der Waals surface area contributed by atoms with E-state index in [9.17, 15) is 14.9 Å². The number of ketones is 1. The minimum atomic E-state index is -0.478. The number of hydrogen-bond donors (Lipinski definition) is 0. The SMILES string of the molecule is COc1ccc(/C=C/C(=O)c2ccc3c(c2)OCCO3)cc1COc1cc(C)ccc1[N+](=O)[O-]. The van der Waals surface area contributed by atoms with Crippen LogP contribution in [-0.4, -0.2) is 31.0 Å². The summed E-state index contributed by atoms with van der Waals surface area (Å²) in [5.41, 5.74) is 2.67. The second-order valence-corrected chi connectivity index (χ2v) is 7.64. The van der Waals surface area contributed by atoms with Gasteiger partial charge < -0.3 is 18.9 Å². The second kappa shape index (κ2) is 10.1. The van der Waals surface area contributed by atoms with Crippen LogP contribution in [0, 0.1) is 17.0 Å². The van der Waals surface area contributed by atoms with E-state index >= 15 is 0 Å². The van der Waals surface area contributed by atoms with Crippen molar-refractivity contribution < 1.29 is 28.7 Å². The topological polar surface area (TPSA) is 97.1 Å². The molecule has 0 saturated heterocycles. The van der Waals surface area contributed by atoms with E-state index in [4.69, 9.17) is 18.9 Å². The van der Waals surface area contributed by atoms with Crippen molar-refractivity contribution in [2.45, 2.75) is 13.5 Å². The Kier molecular flexibility index (Phi) is 6.77. The lowest BCUT2D eigenvalue weighted by Gasteiger charge is -2.18. The van der Waals surface area contributed by atoms with Crippen molar-refractivity contribution in [3.63, 3.8) is 0 Å². The van der Waals surface area contributed by atoms with Gasteiger partial charge in [0.2, 0.25) is 0 Å². The van der Waals surface area contributed by atoms with Gasteiger partial charge in [-0.2, -0.15) is 0 Å². The number of nitro benzene ring substituents is 1. The molecule has 0 radical (unpaired) electrons. The maximum absolute atomic E-state index is 12.7. The normalized spacial score (nSPS) is 12.4. The minimum Gasteiger partial charge on any atom is -0.496 e. The van der Waals surface area contributed by atoms with E-state index in [0.29, 0.717) is 41.6 Å². The molecule has 4 rings (SSSR count). The third-order valence-electron chi connectivity index (χ3n) is 5.25. The number of allylic oxidation sites excluding steroid dienone is 1. The molecule has 174 valence electrons. The molecule has 0 unspecified atom stereocenters. The van der Waals surface area contributed by atoms with Crippen molar-refractivity contribution in [1.29, 1.82) is 0 Å². The van der Waals surface area contributed by atoms with Crippen LogP contribution < -0.4 is 18.9 Å². The van der Waals surface area contributed by atoms with E-state index in [1.807, 2.05) is 19.1 Å². The summed E-state index contributed by atoms with van der Waals surface area (Å²) in [5, 5.41) is 11.3. The Morgan fingerprint density at radius 3 is 2.59 bits per heavy atom. The molecule has 0 aromatic heterocycles. The fourth-order valence-corrected chi connectivity index (χ4v) is 3.52. The second-order valence-electron chi connectivity index (χ2n) is 7.64. The molecular weight excluding hydrogens is 438 g/mol. The van der Waals surface area contributed by atoms with Crippen molar-refractivity contribution in [1.82, 2.24) is 0 Å². The zero-order chi connectivity index (χ0) is 24.1. The van der Waals surface area contributed by atoms with Gasteiger partial charge in [-0.25, -0.2) is 0 Å². The standard InChI is InChI=1S/C26H23NO7/c1-17-3-7-21(27(29)30)25(13-17)34-16-20-14-18(5-9-23(20)31-2)4-8-22(28)19-6-10-24-26(15-19)33-12-11-32-24/h3-10,13-15H,11-12,16H2,1-2H3/b8-4+. The van der Waals surface area contributed by atoms with E-state index in [-0.39, 0.29) is 23.8 Å². The van der Waals surface area contributed by atoms with Gasteiger partial charge in [-0.3, -0.25) is 14.9 Å². The smallest absolute Gasteiger partial charge is 0.310 e. The van der Waals surface area contributed by atoms with Crippen LogP contribution in [0.3, 0.4) is 0 Å². The van der Waals surface area contributed by atoms with Gasteiger partial charge in [-0.15, -0.1) is 0 Å². The van der Waals surface area contributed by atoms with Gasteiger partial charge in [0.1, 0.15) is 25.6 Å². The summed E-state index contributed by atoms with van der Waals surface area (Å²) >= 11 is 0. The summed E-state index contributed by atoms with van der Waals surface area (Å²) in [4.78, 5) is 23.5. The maximum Gasteiger partial charge on any atom is 0.310 e. The number of ether oxygens (including phenoxy) is 4. The zero-order valence-electron chi connectivity index (χ0n) is 18.8. The monoisotopic (exact) mass is 461 g/mol. The number of aryl methyl sites for hydroxylation is 1. The molecule has 0 aliphatic carbocycles. The van der Waals surface area contributed by atoms with Crippen LogP contribution in [0.4, 0.5) is 5.69 Å². The van der Waals surface area contributed by atoms with Crippen LogP contribution in [0.1, 0.15) is 27.0 Å². The fourth-order valence-electron chi connectivity index (χ4n) is 3.52. The molecule has 0 amide bonds. The van der Waals surface area contributed by atoms with E-state index in [0.717, 1.165) is 11.1 Å². The number of hydrogen-bond acceptors (Lipinski definition) is 7. The van der Waals surface area contributed by atoms with Crippen molar-refractivity contribution in [3.05, 3.63) is 93.0 Å². The number of rotatable bonds is 8. The predicted octanol–water partition coefficient (Wildman–Crippen LogP) is 5.16. The summed E-state index contributed by atoms with van der Waals surface area (Å²) in [7, 11) is 1.54. The number of nitro groups is 1. The van der Waals surface area contributed by atoms with Gasteiger partial charge in [0.05, 0.1) is 12.0 Å².